The molecule has 0 aliphatic rings. The van der Waals surface area contributed by atoms with E-state index < -0.39 is 0 Å². The summed E-state index contributed by atoms with van der Waals surface area (Å²) in [6, 6.07) is 1.66. The Morgan fingerprint density at radius 1 is 1.12 bits per heavy atom. The molecular formula is C10H15Cl2N3O. The van der Waals surface area contributed by atoms with Crippen molar-refractivity contribution in [3.8, 4) is 0 Å². The van der Waals surface area contributed by atoms with E-state index in [1.54, 1.807) is 6.07 Å². The maximum atomic E-state index is 8.60. The van der Waals surface area contributed by atoms with Crippen molar-refractivity contribution in [1.82, 2.24) is 10.2 Å². The van der Waals surface area contributed by atoms with Gasteiger partial charge >= 0.3 is 0 Å². The summed E-state index contributed by atoms with van der Waals surface area (Å²) < 4.78 is 0. The first-order valence-electron chi connectivity index (χ1n) is 5.27. The number of hydrogen-bond acceptors (Lipinski definition) is 4. The monoisotopic (exact) mass is 263 g/mol. The van der Waals surface area contributed by atoms with Crippen LogP contribution >= 0.6 is 23.2 Å². The number of hydrogen-bond donors (Lipinski definition) is 2. The second-order valence-electron chi connectivity index (χ2n) is 3.44. The second-order valence-corrected chi connectivity index (χ2v) is 4.18. The number of anilines is 1. The Morgan fingerprint density at radius 3 is 2.62 bits per heavy atom. The van der Waals surface area contributed by atoms with E-state index in [0.717, 1.165) is 32.2 Å². The van der Waals surface area contributed by atoms with Gasteiger partial charge in [0.1, 0.15) is 0 Å². The second kappa shape index (κ2) is 7.65. The predicted molar refractivity (Wildman–Crippen MR) is 66.1 cm³/mol. The Labute approximate surface area is 105 Å². The summed E-state index contributed by atoms with van der Waals surface area (Å²) in [7, 11) is 0. The Hall–Kier alpha value is -0.580. The lowest BCUT2D eigenvalue weighted by atomic mass is 10.2. The minimum atomic E-state index is 0.267. The van der Waals surface area contributed by atoms with Crippen LogP contribution in [0.5, 0.6) is 0 Å². The molecule has 1 rings (SSSR count). The van der Waals surface area contributed by atoms with Gasteiger partial charge in [-0.25, -0.2) is 0 Å². The maximum Gasteiger partial charge on any atom is 0.174 e. The smallest absolute Gasteiger partial charge is 0.174 e. The van der Waals surface area contributed by atoms with Crippen molar-refractivity contribution in [3.63, 3.8) is 0 Å². The number of rotatable bonds is 7. The van der Waals surface area contributed by atoms with Crippen LogP contribution in [0.2, 0.25) is 10.3 Å². The van der Waals surface area contributed by atoms with Crippen LogP contribution in [0.15, 0.2) is 6.07 Å². The van der Waals surface area contributed by atoms with Crippen molar-refractivity contribution in [3.05, 3.63) is 16.4 Å². The molecule has 0 aliphatic carbocycles. The summed E-state index contributed by atoms with van der Waals surface area (Å²) >= 11 is 11.5. The van der Waals surface area contributed by atoms with Crippen LogP contribution in [0.3, 0.4) is 0 Å². The number of aliphatic hydroxyl groups is 1. The van der Waals surface area contributed by atoms with Crippen LogP contribution < -0.4 is 5.32 Å². The van der Waals surface area contributed by atoms with E-state index in [1.807, 2.05) is 0 Å². The molecule has 16 heavy (non-hydrogen) atoms. The number of nitrogens with one attached hydrogen (secondary N) is 1. The summed E-state index contributed by atoms with van der Waals surface area (Å²) in [6.45, 7) is 1.08. The standard InChI is InChI=1S/C10H15Cl2N3O/c11-9-7-8(10(12)15-14-9)13-5-3-1-2-4-6-16/h7,16H,1-6H2,(H,13,14). The average Bonchev–Trinajstić information content (AvgIpc) is 2.28. The van der Waals surface area contributed by atoms with E-state index in [-0.39, 0.29) is 6.61 Å². The minimum absolute atomic E-state index is 0.267. The fourth-order valence-corrected chi connectivity index (χ4v) is 1.60. The average molecular weight is 264 g/mol. The summed E-state index contributed by atoms with van der Waals surface area (Å²) in [5.74, 6) is 0. The zero-order valence-electron chi connectivity index (χ0n) is 8.92. The summed E-state index contributed by atoms with van der Waals surface area (Å²) in [4.78, 5) is 0. The molecule has 0 unspecified atom stereocenters. The van der Waals surface area contributed by atoms with Gasteiger partial charge in [-0.15, -0.1) is 10.2 Å². The molecule has 0 bridgehead atoms. The molecule has 1 heterocycles. The van der Waals surface area contributed by atoms with Crippen molar-refractivity contribution in [2.24, 2.45) is 0 Å². The highest BCUT2D eigenvalue weighted by Crippen LogP contribution is 2.20. The first kappa shape index (κ1) is 13.5. The zero-order valence-corrected chi connectivity index (χ0v) is 10.4. The van der Waals surface area contributed by atoms with Crippen LogP contribution in [0.25, 0.3) is 0 Å². The number of aliphatic hydroxyl groups excluding tert-OH is 1. The van der Waals surface area contributed by atoms with Gasteiger partial charge in [0.2, 0.25) is 0 Å². The van der Waals surface area contributed by atoms with E-state index >= 15 is 0 Å². The molecule has 1 aromatic rings. The van der Waals surface area contributed by atoms with Crippen molar-refractivity contribution in [2.75, 3.05) is 18.5 Å². The largest absolute Gasteiger partial charge is 0.396 e. The fraction of sp³-hybridized carbons (Fsp3) is 0.600. The van der Waals surface area contributed by atoms with Crippen LogP contribution in [-0.2, 0) is 0 Å². The highest BCUT2D eigenvalue weighted by Gasteiger charge is 2.02. The van der Waals surface area contributed by atoms with Gasteiger partial charge in [0.05, 0.1) is 5.69 Å². The molecule has 6 heteroatoms. The van der Waals surface area contributed by atoms with Gasteiger partial charge in [0.25, 0.3) is 0 Å². The maximum absolute atomic E-state index is 8.60. The predicted octanol–water partition coefficient (Wildman–Crippen LogP) is 2.75. The van der Waals surface area contributed by atoms with Crippen molar-refractivity contribution >= 4 is 28.9 Å². The minimum Gasteiger partial charge on any atom is -0.396 e. The Kier molecular flexibility index (Phi) is 6.45. The van der Waals surface area contributed by atoms with Crippen molar-refractivity contribution in [1.29, 1.82) is 0 Å². The molecule has 4 nitrogen and oxygen atoms in total. The molecule has 0 fully saturated rings. The first-order valence-corrected chi connectivity index (χ1v) is 6.03. The molecule has 2 N–H and O–H groups in total. The quantitative estimate of drug-likeness (QED) is 0.743. The number of unbranched alkanes of at least 4 members (excludes halogenated alkanes) is 3. The first-order chi connectivity index (χ1) is 7.74. The Balaban J connectivity index is 2.23. The zero-order chi connectivity index (χ0) is 11.8. The third kappa shape index (κ3) is 4.96. The fourth-order valence-electron chi connectivity index (χ4n) is 1.29. The number of aromatic nitrogens is 2. The van der Waals surface area contributed by atoms with Gasteiger partial charge in [0, 0.05) is 19.2 Å². The Morgan fingerprint density at radius 2 is 1.88 bits per heavy atom. The number of nitrogens with zero attached hydrogens (tertiary/aromatic N) is 2. The van der Waals surface area contributed by atoms with E-state index in [9.17, 15) is 0 Å². The van der Waals surface area contributed by atoms with Crippen LogP contribution in [-0.4, -0.2) is 28.5 Å². The third-order valence-electron chi connectivity index (χ3n) is 2.12. The number of halogens is 2. The molecule has 90 valence electrons. The highest BCUT2D eigenvalue weighted by atomic mass is 35.5. The lowest BCUT2D eigenvalue weighted by Crippen LogP contribution is -2.03. The van der Waals surface area contributed by atoms with E-state index in [4.69, 9.17) is 28.3 Å². The molecular weight excluding hydrogens is 249 g/mol. The highest BCUT2D eigenvalue weighted by molar-refractivity contribution is 6.33. The van der Waals surface area contributed by atoms with Gasteiger partial charge < -0.3 is 10.4 Å². The van der Waals surface area contributed by atoms with Gasteiger partial charge in [-0.1, -0.05) is 36.0 Å². The molecule has 0 saturated heterocycles. The molecule has 1 aromatic heterocycles. The van der Waals surface area contributed by atoms with E-state index in [2.05, 4.69) is 15.5 Å². The molecule has 0 aliphatic heterocycles. The molecule has 0 radical (unpaired) electrons. The Bertz CT molecular complexity index is 323. The lowest BCUT2D eigenvalue weighted by molar-refractivity contribution is 0.283. The third-order valence-corrected chi connectivity index (χ3v) is 2.58. The van der Waals surface area contributed by atoms with Gasteiger partial charge in [-0.05, 0) is 12.8 Å². The summed E-state index contributed by atoms with van der Waals surface area (Å²) in [5.41, 5.74) is 0.712. The molecule has 0 spiro atoms. The van der Waals surface area contributed by atoms with Gasteiger partial charge in [0.15, 0.2) is 10.3 Å². The van der Waals surface area contributed by atoms with Crippen LogP contribution in [0, 0.1) is 0 Å². The van der Waals surface area contributed by atoms with Crippen molar-refractivity contribution in [2.45, 2.75) is 25.7 Å². The van der Waals surface area contributed by atoms with Gasteiger partial charge in [-0.3, -0.25) is 0 Å². The molecule has 0 aromatic carbocycles. The topological polar surface area (TPSA) is 58.0 Å². The van der Waals surface area contributed by atoms with Crippen molar-refractivity contribution < 1.29 is 5.11 Å². The van der Waals surface area contributed by atoms with E-state index in [1.165, 1.54) is 0 Å². The lowest BCUT2D eigenvalue weighted by Gasteiger charge is -2.06. The summed E-state index contributed by atoms with van der Waals surface area (Å²) in [6.07, 6.45) is 4.01. The van der Waals surface area contributed by atoms with Crippen LogP contribution in [0.1, 0.15) is 25.7 Å². The molecule has 0 atom stereocenters. The molecule has 0 saturated carbocycles. The normalized spacial score (nSPS) is 10.4. The summed E-state index contributed by atoms with van der Waals surface area (Å²) in [5, 5.41) is 19.7. The van der Waals surface area contributed by atoms with Crippen LogP contribution in [0.4, 0.5) is 5.69 Å². The van der Waals surface area contributed by atoms with E-state index in [0.29, 0.717) is 16.0 Å². The molecule has 0 amide bonds. The SMILES string of the molecule is OCCCCCCNc1cc(Cl)nnc1Cl. The van der Waals surface area contributed by atoms with Gasteiger partial charge in [-0.2, -0.15) is 0 Å².